The molecule has 1 atom stereocenters. The Morgan fingerprint density at radius 2 is 1.80 bits per heavy atom. The van der Waals surface area contributed by atoms with E-state index >= 15 is 0 Å². The molecular weight excluding hydrogens is 464 g/mol. The summed E-state index contributed by atoms with van der Waals surface area (Å²) in [6.45, 7) is 5.51. The summed E-state index contributed by atoms with van der Waals surface area (Å²) in [7, 11) is -0.266. The van der Waals surface area contributed by atoms with Crippen molar-refractivity contribution in [2.24, 2.45) is 5.92 Å². The molecule has 1 saturated heterocycles. The maximum Gasteiger partial charge on any atom is 0.185 e. The Bertz CT molecular complexity index is 1340. The smallest absolute Gasteiger partial charge is 0.185 e. The third kappa shape index (κ3) is 4.19. The van der Waals surface area contributed by atoms with Gasteiger partial charge in [-0.25, -0.2) is 8.42 Å². The number of piperidine rings is 1. The number of ether oxygens (including phenoxy) is 2. The first kappa shape index (κ1) is 23.4. The summed E-state index contributed by atoms with van der Waals surface area (Å²) in [5.41, 5.74) is 4.82. The minimum Gasteiger partial charge on any atom is -0.493 e. The van der Waals surface area contributed by atoms with Gasteiger partial charge in [-0.2, -0.15) is 5.10 Å². The molecule has 0 amide bonds. The highest BCUT2D eigenvalue weighted by atomic mass is 32.2. The third-order valence-electron chi connectivity index (χ3n) is 6.99. The number of fused-ring (bicyclic) bond motifs is 3. The van der Waals surface area contributed by atoms with Gasteiger partial charge in [0.2, 0.25) is 0 Å². The molecule has 8 nitrogen and oxygen atoms in total. The van der Waals surface area contributed by atoms with Crippen molar-refractivity contribution in [1.29, 1.82) is 0 Å². The van der Waals surface area contributed by atoms with Crippen LogP contribution in [-0.4, -0.2) is 51.2 Å². The van der Waals surface area contributed by atoms with Crippen molar-refractivity contribution < 1.29 is 17.9 Å². The monoisotopic (exact) mass is 494 g/mol. The molecule has 1 fully saturated rings. The first-order chi connectivity index (χ1) is 17.0. The number of aromatic nitrogens is 2. The van der Waals surface area contributed by atoms with Gasteiger partial charge in [0.05, 0.1) is 30.1 Å². The molecule has 0 spiro atoms. The van der Waals surface area contributed by atoms with Crippen LogP contribution in [0.3, 0.4) is 0 Å². The quantitative estimate of drug-likeness (QED) is 0.317. The molecule has 2 aromatic carbocycles. The van der Waals surface area contributed by atoms with E-state index in [9.17, 15) is 8.42 Å². The highest BCUT2D eigenvalue weighted by Crippen LogP contribution is 2.44. The molecule has 0 saturated carbocycles. The number of aromatic amines is 1. The molecule has 3 aromatic rings. The van der Waals surface area contributed by atoms with Gasteiger partial charge in [-0.3, -0.25) is 5.10 Å². The highest BCUT2D eigenvalue weighted by molar-refractivity contribution is 7.92. The molecule has 35 heavy (non-hydrogen) atoms. The first-order valence-corrected chi connectivity index (χ1v) is 13.3. The summed E-state index contributed by atoms with van der Waals surface area (Å²) in [6.07, 6.45) is 3.96. The number of sulfone groups is 1. The molecule has 1 aliphatic carbocycles. The van der Waals surface area contributed by atoms with E-state index in [2.05, 4.69) is 27.4 Å². The van der Waals surface area contributed by atoms with Crippen molar-refractivity contribution >= 4 is 21.3 Å². The molecule has 3 N–H and O–H groups in total. The molecule has 9 heteroatoms. The Hall–Kier alpha value is -3.30. The molecule has 1 aromatic heterocycles. The molecule has 0 radical (unpaired) electrons. The van der Waals surface area contributed by atoms with Crippen LogP contribution in [0.25, 0.3) is 11.3 Å². The van der Waals surface area contributed by atoms with Crippen LogP contribution in [0, 0.1) is 5.92 Å². The van der Waals surface area contributed by atoms with Gasteiger partial charge < -0.3 is 20.1 Å². The van der Waals surface area contributed by atoms with Gasteiger partial charge >= 0.3 is 0 Å². The molecule has 0 bridgehead atoms. The topological polar surface area (TPSA) is 105 Å². The van der Waals surface area contributed by atoms with Gasteiger partial charge in [0.1, 0.15) is 5.82 Å². The third-order valence-corrected chi connectivity index (χ3v) is 9.21. The lowest BCUT2D eigenvalue weighted by Gasteiger charge is -2.28. The number of anilines is 2. The fourth-order valence-corrected chi connectivity index (χ4v) is 6.98. The van der Waals surface area contributed by atoms with Crippen LogP contribution in [0.5, 0.6) is 11.5 Å². The Labute approximate surface area is 205 Å². The van der Waals surface area contributed by atoms with Crippen LogP contribution in [0.2, 0.25) is 0 Å². The van der Waals surface area contributed by atoms with E-state index in [0.717, 1.165) is 59.8 Å². The number of rotatable bonds is 8. The van der Waals surface area contributed by atoms with E-state index in [1.165, 1.54) is 0 Å². The summed E-state index contributed by atoms with van der Waals surface area (Å²) in [6, 6.07) is 10.8. The van der Waals surface area contributed by atoms with Crippen LogP contribution in [-0.2, 0) is 16.3 Å². The van der Waals surface area contributed by atoms with E-state index in [4.69, 9.17) is 9.47 Å². The second-order valence-electron chi connectivity index (χ2n) is 8.95. The number of benzene rings is 2. The zero-order valence-corrected chi connectivity index (χ0v) is 20.7. The second-order valence-corrected chi connectivity index (χ2v) is 11.1. The fraction of sp³-hybridized carbons (Fsp3) is 0.346. The second kappa shape index (κ2) is 9.39. The van der Waals surface area contributed by atoms with Crippen LogP contribution in [0.15, 0.2) is 53.9 Å². The Kier molecular flexibility index (Phi) is 6.29. The van der Waals surface area contributed by atoms with Gasteiger partial charge in [0, 0.05) is 23.2 Å². The van der Waals surface area contributed by atoms with Gasteiger partial charge in [0.25, 0.3) is 0 Å². The molecule has 1 aliphatic heterocycles. The molecule has 184 valence electrons. The van der Waals surface area contributed by atoms with E-state index < -0.39 is 15.1 Å². The molecule has 5 rings (SSSR count). The number of methoxy groups -OCH3 is 2. The Morgan fingerprint density at radius 3 is 2.46 bits per heavy atom. The SMILES string of the molecule is C=CC(C1CCNCC1)S(=O)(=O)c1ccc(Nc2[nH]nc3c2Cc2cc(OC)c(OC)cc2-3)cc1. The normalized spacial score (nSPS) is 16.3. The summed E-state index contributed by atoms with van der Waals surface area (Å²) >= 11 is 0. The standard InChI is InChI=1S/C26H30N4O4S/c1-4-24(16-9-11-27-12-10-16)35(31,32)19-7-5-18(6-8-19)28-26-21-13-17-14-22(33-2)23(34-3)15-20(17)25(21)29-30-26/h4-8,14-16,24,27H,1,9-13H2,2-3H3,(H2,28,29,30). The maximum atomic E-state index is 13.3. The van der Waals surface area contributed by atoms with Crippen LogP contribution in [0.1, 0.15) is 24.0 Å². The van der Waals surface area contributed by atoms with Crippen molar-refractivity contribution in [2.45, 2.75) is 29.4 Å². The van der Waals surface area contributed by atoms with Crippen molar-refractivity contribution in [1.82, 2.24) is 15.5 Å². The number of nitrogens with zero attached hydrogens (tertiary/aromatic N) is 1. The van der Waals surface area contributed by atoms with Crippen LogP contribution >= 0.6 is 0 Å². The number of hydrogen-bond acceptors (Lipinski definition) is 7. The van der Waals surface area contributed by atoms with E-state index in [1.807, 2.05) is 12.1 Å². The summed E-state index contributed by atoms with van der Waals surface area (Å²) in [5, 5.41) is 13.7. The molecular formula is C26H30N4O4S. The highest BCUT2D eigenvalue weighted by Gasteiger charge is 2.33. The van der Waals surface area contributed by atoms with Crippen LogP contribution in [0.4, 0.5) is 11.5 Å². The Morgan fingerprint density at radius 1 is 1.11 bits per heavy atom. The van der Waals surface area contributed by atoms with E-state index in [-0.39, 0.29) is 5.92 Å². The zero-order valence-electron chi connectivity index (χ0n) is 19.9. The van der Waals surface area contributed by atoms with Crippen molar-refractivity contribution in [3.8, 4) is 22.8 Å². The predicted octanol–water partition coefficient (Wildman–Crippen LogP) is 4.07. The van der Waals surface area contributed by atoms with Crippen LogP contribution < -0.4 is 20.1 Å². The summed E-state index contributed by atoms with van der Waals surface area (Å²) in [5.74, 6) is 2.22. The zero-order chi connectivity index (χ0) is 24.6. The lowest BCUT2D eigenvalue weighted by molar-refractivity contribution is 0.355. The predicted molar refractivity (Wildman–Crippen MR) is 136 cm³/mol. The molecule has 2 heterocycles. The van der Waals surface area contributed by atoms with E-state index in [0.29, 0.717) is 22.8 Å². The average molecular weight is 495 g/mol. The fourth-order valence-electron chi connectivity index (χ4n) is 5.12. The summed E-state index contributed by atoms with van der Waals surface area (Å²) < 4.78 is 37.5. The summed E-state index contributed by atoms with van der Waals surface area (Å²) in [4.78, 5) is 0.313. The minimum absolute atomic E-state index is 0.0861. The average Bonchev–Trinajstić information content (AvgIpc) is 3.43. The molecule has 2 aliphatic rings. The minimum atomic E-state index is -3.51. The maximum absolute atomic E-state index is 13.3. The van der Waals surface area contributed by atoms with Crippen molar-refractivity contribution in [3.05, 3.63) is 60.2 Å². The lowest BCUT2D eigenvalue weighted by Crippen LogP contribution is -2.37. The van der Waals surface area contributed by atoms with E-state index in [1.54, 1.807) is 44.6 Å². The van der Waals surface area contributed by atoms with Crippen molar-refractivity contribution in [2.75, 3.05) is 32.6 Å². The largest absolute Gasteiger partial charge is 0.493 e. The van der Waals surface area contributed by atoms with Gasteiger partial charge in [-0.15, -0.1) is 6.58 Å². The van der Waals surface area contributed by atoms with Gasteiger partial charge in [0.15, 0.2) is 21.3 Å². The number of hydrogen-bond donors (Lipinski definition) is 3. The number of nitrogens with one attached hydrogen (secondary N) is 3. The van der Waals surface area contributed by atoms with Gasteiger partial charge in [-0.05, 0) is 73.8 Å². The first-order valence-electron chi connectivity index (χ1n) is 11.7. The number of H-pyrrole nitrogens is 1. The molecule has 1 unspecified atom stereocenters. The lowest BCUT2D eigenvalue weighted by atomic mass is 9.94. The van der Waals surface area contributed by atoms with Gasteiger partial charge in [-0.1, -0.05) is 6.08 Å². The Balaban J connectivity index is 1.36. The van der Waals surface area contributed by atoms with Crippen molar-refractivity contribution in [3.63, 3.8) is 0 Å².